The number of carboxylic acid groups (broad SMARTS) is 2. The van der Waals surface area contributed by atoms with Crippen LogP contribution in [0.15, 0.2) is 12.2 Å². The molecule has 178 valence electrons. The fourth-order valence-corrected chi connectivity index (χ4v) is 2.94. The second kappa shape index (κ2) is 12.7. The summed E-state index contributed by atoms with van der Waals surface area (Å²) in [5.41, 5.74) is 0. The zero-order valence-electron chi connectivity index (χ0n) is 17.2. The Hall–Kier alpha value is -3.07. The molecule has 2 aliphatic heterocycles. The number of halogens is 3. The summed E-state index contributed by atoms with van der Waals surface area (Å²) < 4.78 is 31.7. The summed E-state index contributed by atoms with van der Waals surface area (Å²) in [5.74, 6) is -2.81. The van der Waals surface area contributed by atoms with Crippen molar-refractivity contribution in [3.8, 4) is 12.3 Å². The van der Waals surface area contributed by atoms with Crippen molar-refractivity contribution in [2.75, 3.05) is 32.7 Å². The summed E-state index contributed by atoms with van der Waals surface area (Å²) in [6.45, 7) is 2.90. The molecule has 2 fully saturated rings. The largest absolute Gasteiger partial charge is 0.490 e. The second-order valence-electron chi connectivity index (χ2n) is 7.39. The molecule has 9 nitrogen and oxygen atoms in total. The number of terminal acetylenes is 1. The highest BCUT2D eigenvalue weighted by Gasteiger charge is 2.38. The van der Waals surface area contributed by atoms with E-state index in [0.29, 0.717) is 25.4 Å². The van der Waals surface area contributed by atoms with Gasteiger partial charge in [0.2, 0.25) is 11.8 Å². The summed E-state index contributed by atoms with van der Waals surface area (Å²) in [4.78, 5) is 45.9. The van der Waals surface area contributed by atoms with Gasteiger partial charge in [-0.05, 0) is 44.3 Å². The van der Waals surface area contributed by atoms with E-state index in [2.05, 4.69) is 16.6 Å². The number of likely N-dealkylation sites (tertiary alicyclic amines) is 1. The number of nitrogens with one attached hydrogen (secondary N) is 2. The molecule has 2 rings (SSSR count). The van der Waals surface area contributed by atoms with Crippen molar-refractivity contribution >= 4 is 23.8 Å². The molecule has 0 unspecified atom stereocenters. The van der Waals surface area contributed by atoms with Crippen LogP contribution in [0.5, 0.6) is 0 Å². The molecule has 0 spiro atoms. The molecule has 2 atom stereocenters. The van der Waals surface area contributed by atoms with E-state index in [1.165, 1.54) is 0 Å². The smallest absolute Gasteiger partial charge is 0.480 e. The van der Waals surface area contributed by atoms with Crippen molar-refractivity contribution in [1.82, 2.24) is 15.5 Å². The minimum absolute atomic E-state index is 0.0724. The van der Waals surface area contributed by atoms with Crippen molar-refractivity contribution < 1.29 is 42.6 Å². The molecule has 2 amide bonds. The molecule has 4 N–H and O–H groups in total. The minimum atomic E-state index is -5.08. The summed E-state index contributed by atoms with van der Waals surface area (Å²) in [6.07, 6.45) is 5.87. The molecule has 32 heavy (non-hydrogen) atoms. The lowest BCUT2D eigenvalue weighted by atomic mass is 9.96. The Balaban J connectivity index is 0.000000633. The molecule has 2 aliphatic rings. The highest BCUT2D eigenvalue weighted by molar-refractivity contribution is 5.88. The van der Waals surface area contributed by atoms with E-state index in [4.69, 9.17) is 21.4 Å². The maximum Gasteiger partial charge on any atom is 0.490 e. The van der Waals surface area contributed by atoms with E-state index >= 15 is 0 Å². The van der Waals surface area contributed by atoms with E-state index in [0.717, 1.165) is 25.9 Å². The number of carbonyl (C=O) groups excluding carboxylic acids is 2. The zero-order valence-corrected chi connectivity index (χ0v) is 17.2. The Morgan fingerprint density at radius 1 is 1.25 bits per heavy atom. The Morgan fingerprint density at radius 3 is 2.34 bits per heavy atom. The number of amides is 2. The maximum atomic E-state index is 12.2. The standard InChI is InChI=1S/C18H25N3O4.C2HF3O2/c1-2-14(18(24)25)11-20-17(23)15-6-4-8-21(12-15)16(22)7-3-5-13-9-19-10-13;3-2(4,5)1(6)7/h1,3,7,13-15,19H,4-6,8-12H2,(H,20,23)(H,24,25);(H,6,7)/b7-3+;/t14-,15+;/m0./s1. The molecule has 0 aromatic carbocycles. The molecule has 0 saturated carbocycles. The predicted molar refractivity (Wildman–Crippen MR) is 106 cm³/mol. The number of hydrogen-bond donors (Lipinski definition) is 4. The third-order valence-electron chi connectivity index (χ3n) is 4.92. The van der Waals surface area contributed by atoms with E-state index in [-0.39, 0.29) is 24.3 Å². The first kappa shape index (κ1) is 27.0. The number of piperidine rings is 1. The summed E-state index contributed by atoms with van der Waals surface area (Å²) in [7, 11) is 0. The average molecular weight is 461 g/mol. The highest BCUT2D eigenvalue weighted by atomic mass is 19.4. The molecule has 0 aliphatic carbocycles. The van der Waals surface area contributed by atoms with Crippen LogP contribution in [0, 0.1) is 30.1 Å². The third-order valence-corrected chi connectivity index (χ3v) is 4.92. The van der Waals surface area contributed by atoms with E-state index in [1.807, 2.05) is 6.08 Å². The zero-order chi connectivity index (χ0) is 24.3. The van der Waals surface area contributed by atoms with Gasteiger partial charge in [-0.15, -0.1) is 6.42 Å². The van der Waals surface area contributed by atoms with Gasteiger partial charge in [-0.1, -0.05) is 12.0 Å². The number of alkyl halides is 3. The summed E-state index contributed by atoms with van der Waals surface area (Å²) >= 11 is 0. The van der Waals surface area contributed by atoms with Crippen LogP contribution in [0.25, 0.3) is 0 Å². The van der Waals surface area contributed by atoms with Crippen molar-refractivity contribution in [2.24, 2.45) is 17.8 Å². The lowest BCUT2D eigenvalue weighted by Gasteiger charge is -2.31. The number of allylic oxidation sites excluding steroid dienone is 1. The van der Waals surface area contributed by atoms with Crippen LogP contribution in [0.4, 0.5) is 13.2 Å². The van der Waals surface area contributed by atoms with Gasteiger partial charge in [-0.3, -0.25) is 14.4 Å². The monoisotopic (exact) mass is 461 g/mol. The van der Waals surface area contributed by atoms with Gasteiger partial charge in [0.1, 0.15) is 5.92 Å². The van der Waals surface area contributed by atoms with Crippen LogP contribution >= 0.6 is 0 Å². The van der Waals surface area contributed by atoms with E-state index in [1.54, 1.807) is 11.0 Å². The third kappa shape index (κ3) is 9.38. The summed E-state index contributed by atoms with van der Waals surface area (Å²) in [5, 5.41) is 21.8. The lowest BCUT2D eigenvalue weighted by Crippen LogP contribution is -2.46. The van der Waals surface area contributed by atoms with Crippen molar-refractivity contribution in [3.05, 3.63) is 12.2 Å². The number of nitrogens with zero attached hydrogens (tertiary/aromatic N) is 1. The maximum absolute atomic E-state index is 12.2. The molecule has 0 aromatic heterocycles. The van der Waals surface area contributed by atoms with Crippen LogP contribution in [0.1, 0.15) is 19.3 Å². The van der Waals surface area contributed by atoms with Gasteiger partial charge < -0.3 is 25.7 Å². The number of aliphatic carboxylic acids is 2. The Morgan fingerprint density at radius 2 is 1.88 bits per heavy atom. The van der Waals surface area contributed by atoms with Crippen LogP contribution in [-0.2, 0) is 19.2 Å². The Bertz CT molecular complexity index is 759. The van der Waals surface area contributed by atoms with Crippen molar-refractivity contribution in [2.45, 2.75) is 25.4 Å². The fraction of sp³-hybridized carbons (Fsp3) is 0.600. The van der Waals surface area contributed by atoms with Crippen molar-refractivity contribution in [1.29, 1.82) is 0 Å². The normalized spacial score (nSPS) is 19.7. The molecule has 2 saturated heterocycles. The molecule has 12 heteroatoms. The lowest BCUT2D eigenvalue weighted by molar-refractivity contribution is -0.192. The minimum Gasteiger partial charge on any atom is -0.480 e. The first-order chi connectivity index (χ1) is 15.0. The number of hydrogen-bond acceptors (Lipinski definition) is 5. The molecule has 0 radical (unpaired) electrons. The molecular weight excluding hydrogens is 435 g/mol. The predicted octanol–water partition coefficient (Wildman–Crippen LogP) is 0.474. The van der Waals surface area contributed by atoms with Gasteiger partial charge in [0.25, 0.3) is 0 Å². The molecule has 2 heterocycles. The van der Waals surface area contributed by atoms with Crippen LogP contribution < -0.4 is 10.6 Å². The molecule has 0 aromatic rings. The molecular formula is C20H26F3N3O6. The van der Waals surface area contributed by atoms with E-state index < -0.39 is 24.0 Å². The van der Waals surface area contributed by atoms with Gasteiger partial charge in [-0.25, -0.2) is 4.79 Å². The van der Waals surface area contributed by atoms with Gasteiger partial charge in [-0.2, -0.15) is 13.2 Å². The van der Waals surface area contributed by atoms with Crippen molar-refractivity contribution in [3.63, 3.8) is 0 Å². The fourth-order valence-electron chi connectivity index (χ4n) is 2.94. The number of rotatable bonds is 7. The Kier molecular flexibility index (Phi) is 10.7. The van der Waals surface area contributed by atoms with Gasteiger partial charge in [0, 0.05) is 19.6 Å². The van der Waals surface area contributed by atoms with Gasteiger partial charge >= 0.3 is 18.1 Å². The topological polar surface area (TPSA) is 136 Å². The van der Waals surface area contributed by atoms with Crippen LogP contribution in [-0.4, -0.2) is 77.8 Å². The average Bonchev–Trinajstić information content (AvgIpc) is 2.69. The van der Waals surface area contributed by atoms with E-state index in [9.17, 15) is 27.6 Å². The van der Waals surface area contributed by atoms with Gasteiger partial charge in [0.15, 0.2) is 0 Å². The number of carboxylic acids is 2. The highest BCUT2D eigenvalue weighted by Crippen LogP contribution is 2.18. The van der Waals surface area contributed by atoms with Gasteiger partial charge in [0.05, 0.1) is 5.92 Å². The quantitative estimate of drug-likeness (QED) is 0.320. The summed E-state index contributed by atoms with van der Waals surface area (Å²) in [6, 6.07) is 0. The molecule has 0 bridgehead atoms. The first-order valence-corrected chi connectivity index (χ1v) is 9.88. The SMILES string of the molecule is C#C[C@@H](CNC(=O)[C@@H]1CCCN(C(=O)/C=C/CC2CNC2)C1)C(=O)O.O=C(O)C(F)(F)F. The van der Waals surface area contributed by atoms with Crippen LogP contribution in [0.3, 0.4) is 0 Å². The van der Waals surface area contributed by atoms with Crippen LogP contribution in [0.2, 0.25) is 0 Å². The number of carbonyl (C=O) groups is 4. The second-order valence-corrected chi connectivity index (χ2v) is 7.39. The Labute approximate surface area is 183 Å². The first-order valence-electron chi connectivity index (χ1n) is 9.88.